The van der Waals surface area contributed by atoms with E-state index in [1.807, 2.05) is 0 Å². The van der Waals surface area contributed by atoms with Crippen LogP contribution in [0.5, 0.6) is 0 Å². The number of para-hydroxylation sites is 1. The average Bonchev–Trinajstić information content (AvgIpc) is 3.70. The van der Waals surface area contributed by atoms with E-state index >= 15 is 0 Å². The van der Waals surface area contributed by atoms with E-state index in [2.05, 4.69) is 252 Å². The van der Waals surface area contributed by atoms with Crippen LogP contribution in [0.3, 0.4) is 0 Å². The first-order valence-electron chi connectivity index (χ1n) is 22.1. The Balaban J connectivity index is 0.949. The number of rotatable bonds is 6. The van der Waals surface area contributed by atoms with E-state index in [-0.39, 0.29) is 0 Å². The molecule has 0 fully saturated rings. The van der Waals surface area contributed by atoms with Crippen LogP contribution in [0.2, 0.25) is 0 Å². The van der Waals surface area contributed by atoms with Gasteiger partial charge in [-0.2, -0.15) is 0 Å². The molecule has 1 aromatic heterocycles. The molecule has 0 spiro atoms. The maximum Gasteiger partial charge on any atom is 0.0547 e. The molecule has 13 rings (SSSR count). The van der Waals surface area contributed by atoms with Gasteiger partial charge in [-0.3, -0.25) is 0 Å². The second kappa shape index (κ2) is 14.6. The molecule has 0 amide bonds. The van der Waals surface area contributed by atoms with Gasteiger partial charge in [-0.05, 0) is 120 Å². The van der Waals surface area contributed by atoms with Crippen LogP contribution in [0.15, 0.2) is 243 Å². The Bertz CT molecular complexity index is 3920. The number of aromatic nitrogens is 1. The lowest BCUT2D eigenvalue weighted by molar-refractivity contribution is 1.20. The van der Waals surface area contributed by atoms with Crippen LogP contribution in [0.25, 0.3) is 104 Å². The second-order valence-electron chi connectivity index (χ2n) is 16.8. The van der Waals surface area contributed by atoms with Gasteiger partial charge in [-0.15, -0.1) is 0 Å². The third-order valence-electron chi connectivity index (χ3n) is 13.3. The molecule has 0 bridgehead atoms. The summed E-state index contributed by atoms with van der Waals surface area (Å²) in [5.41, 5.74) is 11.7. The van der Waals surface area contributed by atoms with Crippen LogP contribution in [0.4, 0.5) is 17.1 Å². The first-order valence-corrected chi connectivity index (χ1v) is 22.1. The van der Waals surface area contributed by atoms with Crippen LogP contribution in [-0.4, -0.2) is 4.57 Å². The molecule has 0 radical (unpaired) electrons. The van der Waals surface area contributed by atoms with Crippen molar-refractivity contribution in [1.82, 2.24) is 4.57 Å². The van der Waals surface area contributed by atoms with Crippen molar-refractivity contribution in [2.45, 2.75) is 0 Å². The van der Waals surface area contributed by atoms with Gasteiger partial charge in [0.05, 0.1) is 22.4 Å². The average molecular weight is 813 g/mol. The maximum atomic E-state index is 2.49. The van der Waals surface area contributed by atoms with E-state index in [1.54, 1.807) is 0 Å². The maximum absolute atomic E-state index is 2.49. The quantitative estimate of drug-likeness (QED) is 0.152. The Morgan fingerprint density at radius 3 is 1.56 bits per heavy atom. The fourth-order valence-corrected chi connectivity index (χ4v) is 10.4. The molecule has 64 heavy (non-hydrogen) atoms. The van der Waals surface area contributed by atoms with Crippen molar-refractivity contribution >= 4 is 92.7 Å². The zero-order chi connectivity index (χ0) is 42.1. The monoisotopic (exact) mass is 812 g/mol. The van der Waals surface area contributed by atoms with Crippen molar-refractivity contribution in [3.05, 3.63) is 243 Å². The third kappa shape index (κ3) is 5.66. The van der Waals surface area contributed by atoms with Crippen LogP contribution < -0.4 is 4.90 Å². The van der Waals surface area contributed by atoms with Gasteiger partial charge in [-0.1, -0.05) is 188 Å². The summed E-state index contributed by atoms with van der Waals surface area (Å²) in [7, 11) is 0. The molecule has 0 saturated heterocycles. The molecule has 0 aliphatic rings. The smallest absolute Gasteiger partial charge is 0.0547 e. The Labute approximate surface area is 371 Å². The van der Waals surface area contributed by atoms with Crippen molar-refractivity contribution in [2.24, 2.45) is 0 Å². The van der Waals surface area contributed by atoms with Gasteiger partial charge < -0.3 is 9.47 Å². The number of nitrogens with zero attached hydrogens (tertiary/aromatic N) is 2. The van der Waals surface area contributed by atoms with Gasteiger partial charge in [0.25, 0.3) is 0 Å². The van der Waals surface area contributed by atoms with Crippen LogP contribution in [0.1, 0.15) is 0 Å². The predicted octanol–water partition coefficient (Wildman–Crippen LogP) is 17.4. The standard InChI is InChI=1S/C62H40N2/c1-2-17-44-39-47(37-31-41(44)15-1)63(58-29-13-18-42-16-3-4-21-50(42)58)46-35-32-43(33-36-46)48-19-5-6-20-49(48)45-34-38-60-57(40-45)54-25-11-12-28-59(54)64(60)61-30-14-27-56-53-23-8-7-22-51(53)52-24-9-10-26-55(52)62(56)61/h1-40H. The Morgan fingerprint density at radius 1 is 0.281 bits per heavy atom. The fourth-order valence-electron chi connectivity index (χ4n) is 10.4. The van der Waals surface area contributed by atoms with Gasteiger partial charge in [0.15, 0.2) is 0 Å². The van der Waals surface area contributed by atoms with E-state index in [1.165, 1.54) is 104 Å². The summed E-state index contributed by atoms with van der Waals surface area (Å²) >= 11 is 0. The molecule has 0 unspecified atom stereocenters. The minimum Gasteiger partial charge on any atom is -0.310 e. The van der Waals surface area contributed by atoms with Crippen LogP contribution in [-0.2, 0) is 0 Å². The zero-order valence-corrected chi connectivity index (χ0v) is 35.0. The lowest BCUT2D eigenvalue weighted by Crippen LogP contribution is -2.10. The highest BCUT2D eigenvalue weighted by Gasteiger charge is 2.20. The van der Waals surface area contributed by atoms with Gasteiger partial charge >= 0.3 is 0 Å². The molecule has 0 saturated carbocycles. The molecule has 13 aromatic rings. The Hall–Kier alpha value is -8.46. The molecule has 2 heteroatoms. The van der Waals surface area contributed by atoms with Gasteiger partial charge in [0.1, 0.15) is 0 Å². The summed E-state index contributed by atoms with van der Waals surface area (Å²) < 4.78 is 2.49. The number of benzene rings is 12. The summed E-state index contributed by atoms with van der Waals surface area (Å²) in [6.45, 7) is 0. The van der Waals surface area contributed by atoms with Crippen molar-refractivity contribution < 1.29 is 0 Å². The van der Waals surface area contributed by atoms with Crippen LogP contribution >= 0.6 is 0 Å². The molecule has 2 nitrogen and oxygen atoms in total. The lowest BCUT2D eigenvalue weighted by Gasteiger charge is -2.27. The number of anilines is 3. The molecular formula is C62H40N2. The Morgan fingerprint density at radius 2 is 0.797 bits per heavy atom. The van der Waals surface area contributed by atoms with Gasteiger partial charge in [0.2, 0.25) is 0 Å². The fraction of sp³-hybridized carbons (Fsp3) is 0. The normalized spacial score (nSPS) is 11.8. The molecule has 298 valence electrons. The predicted molar refractivity (Wildman–Crippen MR) is 274 cm³/mol. The first kappa shape index (κ1) is 36.2. The summed E-state index contributed by atoms with van der Waals surface area (Å²) in [5, 5.41) is 15.0. The molecule has 0 atom stereocenters. The van der Waals surface area contributed by atoms with E-state index in [9.17, 15) is 0 Å². The van der Waals surface area contributed by atoms with E-state index in [0.29, 0.717) is 0 Å². The summed E-state index contributed by atoms with van der Waals surface area (Å²) in [4.78, 5) is 2.40. The van der Waals surface area contributed by atoms with Gasteiger partial charge in [-0.25, -0.2) is 0 Å². The first-order chi connectivity index (χ1) is 31.8. The SMILES string of the molecule is c1ccc(-c2ccc3c(c2)c2ccccc2n3-c2cccc3c4ccccc4c4ccccc4c23)c(-c2ccc(N(c3ccc4ccccc4c3)c3cccc4ccccc34)cc2)c1. The minimum atomic E-state index is 1.11. The molecule has 0 aliphatic carbocycles. The van der Waals surface area contributed by atoms with E-state index in [0.717, 1.165) is 17.1 Å². The van der Waals surface area contributed by atoms with E-state index in [4.69, 9.17) is 0 Å². The molecule has 0 aliphatic heterocycles. The highest BCUT2D eigenvalue weighted by molar-refractivity contribution is 6.28. The van der Waals surface area contributed by atoms with Crippen molar-refractivity contribution in [3.63, 3.8) is 0 Å². The summed E-state index contributed by atoms with van der Waals surface area (Å²) in [6.07, 6.45) is 0. The Kier molecular flexibility index (Phi) is 8.25. The highest BCUT2D eigenvalue weighted by atomic mass is 15.1. The lowest BCUT2D eigenvalue weighted by atomic mass is 9.93. The number of hydrogen-bond donors (Lipinski definition) is 0. The zero-order valence-electron chi connectivity index (χ0n) is 35.0. The topological polar surface area (TPSA) is 8.17 Å². The third-order valence-corrected chi connectivity index (χ3v) is 13.3. The van der Waals surface area contributed by atoms with E-state index < -0.39 is 0 Å². The largest absolute Gasteiger partial charge is 0.310 e. The highest BCUT2D eigenvalue weighted by Crippen LogP contribution is 2.44. The molecular weight excluding hydrogens is 773 g/mol. The van der Waals surface area contributed by atoms with Gasteiger partial charge in [0, 0.05) is 32.9 Å². The van der Waals surface area contributed by atoms with Crippen LogP contribution in [0, 0.1) is 0 Å². The van der Waals surface area contributed by atoms with Crippen molar-refractivity contribution in [2.75, 3.05) is 4.90 Å². The summed E-state index contributed by atoms with van der Waals surface area (Å²) in [6, 6.07) is 89.0. The molecule has 12 aromatic carbocycles. The second-order valence-corrected chi connectivity index (χ2v) is 16.8. The number of hydrogen-bond acceptors (Lipinski definition) is 1. The molecule has 0 N–H and O–H groups in total. The molecule has 1 heterocycles. The number of fused-ring (bicyclic) bond motifs is 11. The minimum absolute atomic E-state index is 1.11. The summed E-state index contributed by atoms with van der Waals surface area (Å²) in [5.74, 6) is 0. The van der Waals surface area contributed by atoms with Crippen molar-refractivity contribution in [1.29, 1.82) is 0 Å². The van der Waals surface area contributed by atoms with Crippen molar-refractivity contribution in [3.8, 4) is 27.9 Å².